The topological polar surface area (TPSA) is 102 Å². The Morgan fingerprint density at radius 2 is 2.11 bits per heavy atom. The van der Waals surface area contributed by atoms with Crippen molar-refractivity contribution in [1.29, 1.82) is 0 Å². The Labute approximate surface area is 157 Å². The van der Waals surface area contributed by atoms with Crippen molar-refractivity contribution in [2.45, 2.75) is 19.4 Å². The van der Waals surface area contributed by atoms with Gasteiger partial charge in [0, 0.05) is 31.9 Å². The molecule has 27 heavy (non-hydrogen) atoms. The molecule has 0 bridgehead atoms. The van der Waals surface area contributed by atoms with Crippen LogP contribution >= 0.6 is 0 Å². The Balaban J connectivity index is 1.63. The van der Waals surface area contributed by atoms with Crippen LogP contribution in [0.15, 0.2) is 45.7 Å². The highest BCUT2D eigenvalue weighted by Gasteiger charge is 2.26. The average molecular weight is 393 g/mol. The second kappa shape index (κ2) is 8.10. The maximum absolute atomic E-state index is 12.7. The van der Waals surface area contributed by atoms with E-state index in [1.807, 2.05) is 0 Å². The van der Waals surface area contributed by atoms with Crippen LogP contribution in [-0.2, 0) is 16.6 Å². The zero-order valence-electron chi connectivity index (χ0n) is 15.1. The first-order valence-electron chi connectivity index (χ1n) is 8.80. The van der Waals surface area contributed by atoms with E-state index in [1.54, 1.807) is 35.4 Å². The molecule has 8 nitrogen and oxygen atoms in total. The number of piperidine rings is 1. The molecular weight excluding hydrogens is 370 g/mol. The predicted octanol–water partition coefficient (Wildman–Crippen LogP) is 0.891. The summed E-state index contributed by atoms with van der Waals surface area (Å²) in [6.07, 6.45) is 4.47. The summed E-state index contributed by atoms with van der Waals surface area (Å²) in [7, 11) is -3.24. The molecule has 0 aromatic carbocycles. The molecule has 0 spiro atoms. The smallest absolute Gasteiger partial charge is 0.289 e. The minimum absolute atomic E-state index is 0.0785. The minimum Gasteiger partial charge on any atom is -0.454 e. The first-order chi connectivity index (χ1) is 12.8. The number of amides is 1. The van der Waals surface area contributed by atoms with Gasteiger partial charge in [-0.25, -0.2) is 13.1 Å². The Morgan fingerprint density at radius 3 is 2.85 bits per heavy atom. The first kappa shape index (κ1) is 19.4. The molecule has 146 valence electrons. The highest BCUT2D eigenvalue weighted by Crippen LogP contribution is 2.19. The molecule has 9 heteroatoms. The van der Waals surface area contributed by atoms with Crippen LogP contribution in [0.3, 0.4) is 0 Å². The lowest BCUT2D eigenvalue weighted by Gasteiger charge is -2.32. The summed E-state index contributed by atoms with van der Waals surface area (Å²) in [6.45, 7) is 1.68. The lowest BCUT2D eigenvalue weighted by atomic mass is 9.98. The lowest BCUT2D eigenvalue weighted by molar-refractivity contribution is 0.0642. The molecule has 1 fully saturated rings. The van der Waals surface area contributed by atoms with Crippen molar-refractivity contribution in [1.82, 2.24) is 14.2 Å². The van der Waals surface area contributed by atoms with Gasteiger partial charge in [-0.3, -0.25) is 9.59 Å². The summed E-state index contributed by atoms with van der Waals surface area (Å²) in [5, 5.41) is 0. The van der Waals surface area contributed by atoms with E-state index in [0.29, 0.717) is 25.4 Å². The van der Waals surface area contributed by atoms with Crippen LogP contribution in [0.4, 0.5) is 0 Å². The number of likely N-dealkylation sites (tertiary alicyclic amines) is 1. The Morgan fingerprint density at radius 1 is 1.30 bits per heavy atom. The number of carbonyl (C=O) groups is 1. The molecule has 1 N–H and O–H groups in total. The third-order valence-corrected chi connectivity index (χ3v) is 5.23. The summed E-state index contributed by atoms with van der Waals surface area (Å²) in [5.41, 5.74) is -0.140. The van der Waals surface area contributed by atoms with Crippen molar-refractivity contribution in [3.8, 4) is 0 Å². The third kappa shape index (κ3) is 5.30. The number of pyridine rings is 1. The summed E-state index contributed by atoms with van der Waals surface area (Å²) < 4.78 is 32.2. The molecule has 2 aromatic rings. The molecule has 0 saturated carbocycles. The largest absolute Gasteiger partial charge is 0.454 e. The van der Waals surface area contributed by atoms with Crippen LogP contribution in [0, 0.1) is 5.92 Å². The third-order valence-electron chi connectivity index (χ3n) is 4.54. The highest BCUT2D eigenvalue weighted by molar-refractivity contribution is 7.88. The van der Waals surface area contributed by atoms with Crippen LogP contribution in [0.2, 0.25) is 0 Å². The molecule has 1 aliphatic heterocycles. The van der Waals surface area contributed by atoms with Gasteiger partial charge in [-0.1, -0.05) is 6.07 Å². The maximum atomic E-state index is 12.7. The number of hydrogen-bond acceptors (Lipinski definition) is 5. The fraction of sp³-hybridized carbons (Fsp3) is 0.444. The number of furan rings is 1. The summed E-state index contributed by atoms with van der Waals surface area (Å²) in [5.74, 6) is 0.616. The van der Waals surface area contributed by atoms with Gasteiger partial charge < -0.3 is 13.9 Å². The normalized spacial score (nSPS) is 17.8. The first-order valence-corrected chi connectivity index (χ1v) is 10.7. The number of hydrogen-bond donors (Lipinski definition) is 1. The van der Waals surface area contributed by atoms with E-state index in [1.165, 1.54) is 10.6 Å². The number of nitrogens with zero attached hydrogens (tertiary/aromatic N) is 2. The van der Waals surface area contributed by atoms with Gasteiger partial charge in [0.2, 0.25) is 10.0 Å². The van der Waals surface area contributed by atoms with E-state index >= 15 is 0 Å². The standard InChI is InChI=1S/C18H23N3O5S/c1-27(24,25)19-11-14-5-4-10-21(12-14)18(23)16-8-7-15(26-16)13-20-9-3-2-6-17(20)22/h2-3,6-9,14,19H,4-5,10-13H2,1H3. The van der Waals surface area contributed by atoms with E-state index in [9.17, 15) is 18.0 Å². The van der Waals surface area contributed by atoms with Gasteiger partial charge in [0.05, 0.1) is 12.8 Å². The quantitative estimate of drug-likeness (QED) is 0.785. The highest BCUT2D eigenvalue weighted by atomic mass is 32.2. The van der Waals surface area contributed by atoms with Gasteiger partial charge in [0.15, 0.2) is 5.76 Å². The number of nitrogens with one attached hydrogen (secondary N) is 1. The van der Waals surface area contributed by atoms with Gasteiger partial charge in [0.25, 0.3) is 11.5 Å². The molecule has 1 aliphatic rings. The molecule has 1 unspecified atom stereocenters. The van der Waals surface area contributed by atoms with Crippen molar-refractivity contribution in [2.75, 3.05) is 25.9 Å². The molecule has 3 heterocycles. The van der Waals surface area contributed by atoms with E-state index in [-0.39, 0.29) is 29.7 Å². The Bertz CT molecular complexity index is 963. The molecule has 2 aromatic heterocycles. The molecule has 1 amide bonds. The van der Waals surface area contributed by atoms with E-state index in [2.05, 4.69) is 4.72 Å². The lowest BCUT2D eigenvalue weighted by Crippen LogP contribution is -2.43. The van der Waals surface area contributed by atoms with Gasteiger partial charge in [-0.2, -0.15) is 0 Å². The van der Waals surface area contributed by atoms with Crippen molar-refractivity contribution < 1.29 is 17.6 Å². The molecule has 1 atom stereocenters. The van der Waals surface area contributed by atoms with Crippen molar-refractivity contribution >= 4 is 15.9 Å². The van der Waals surface area contributed by atoms with Gasteiger partial charge >= 0.3 is 0 Å². The van der Waals surface area contributed by atoms with Gasteiger partial charge in [-0.15, -0.1) is 0 Å². The molecule has 0 radical (unpaired) electrons. The summed E-state index contributed by atoms with van der Waals surface area (Å²) in [4.78, 5) is 26.2. The van der Waals surface area contributed by atoms with Crippen molar-refractivity contribution in [3.63, 3.8) is 0 Å². The van der Waals surface area contributed by atoms with E-state index in [0.717, 1.165) is 19.1 Å². The zero-order valence-corrected chi connectivity index (χ0v) is 15.9. The summed E-state index contributed by atoms with van der Waals surface area (Å²) in [6, 6.07) is 8.20. The van der Waals surface area contributed by atoms with Crippen LogP contribution in [0.5, 0.6) is 0 Å². The predicted molar refractivity (Wildman–Crippen MR) is 100.0 cm³/mol. The fourth-order valence-corrected chi connectivity index (χ4v) is 3.72. The molecule has 3 rings (SSSR count). The van der Waals surface area contributed by atoms with E-state index in [4.69, 9.17) is 4.42 Å². The fourth-order valence-electron chi connectivity index (χ4n) is 3.18. The summed E-state index contributed by atoms with van der Waals surface area (Å²) >= 11 is 0. The van der Waals surface area contributed by atoms with E-state index < -0.39 is 10.0 Å². The van der Waals surface area contributed by atoms with Crippen LogP contribution in [0.1, 0.15) is 29.2 Å². The molecule has 0 aliphatic carbocycles. The van der Waals surface area contributed by atoms with Crippen molar-refractivity contribution in [2.24, 2.45) is 5.92 Å². The molecule has 1 saturated heterocycles. The van der Waals surface area contributed by atoms with Crippen LogP contribution in [-0.4, -0.2) is 49.7 Å². The maximum Gasteiger partial charge on any atom is 0.289 e. The van der Waals surface area contributed by atoms with Gasteiger partial charge in [-0.05, 0) is 37.0 Å². The Kier molecular flexibility index (Phi) is 5.81. The Hall–Kier alpha value is -2.39. The zero-order chi connectivity index (χ0) is 19.4. The second-order valence-electron chi connectivity index (χ2n) is 6.81. The monoisotopic (exact) mass is 393 g/mol. The van der Waals surface area contributed by atoms with Gasteiger partial charge in [0.1, 0.15) is 5.76 Å². The minimum atomic E-state index is -3.24. The number of aromatic nitrogens is 1. The van der Waals surface area contributed by atoms with Crippen LogP contribution in [0.25, 0.3) is 0 Å². The van der Waals surface area contributed by atoms with Crippen LogP contribution < -0.4 is 10.3 Å². The number of sulfonamides is 1. The SMILES string of the molecule is CS(=O)(=O)NCC1CCCN(C(=O)c2ccc(Cn3ccccc3=O)o2)C1. The average Bonchev–Trinajstić information content (AvgIpc) is 3.09. The number of carbonyl (C=O) groups excluding carboxylic acids is 1. The number of rotatable bonds is 6. The second-order valence-corrected chi connectivity index (χ2v) is 8.65. The molecular formula is C18H23N3O5S. The van der Waals surface area contributed by atoms with Crippen molar-refractivity contribution in [3.05, 3.63) is 58.4 Å².